The second-order valence-electron chi connectivity index (χ2n) is 15.2. The Hall–Kier alpha value is -1.24. The number of hydrogen-bond donors (Lipinski definition) is 18. The summed E-state index contributed by atoms with van der Waals surface area (Å²) in [6.07, 6.45) is -30.9. The maximum atomic E-state index is 12.0. The van der Waals surface area contributed by atoms with Crippen molar-refractivity contribution in [3.8, 4) is 0 Å². The zero-order chi connectivity index (χ0) is 58.4. The Morgan fingerprint density at radius 1 is 0.299 bits per heavy atom. The van der Waals surface area contributed by atoms with Gasteiger partial charge in [0.25, 0.3) is 0 Å². The summed E-state index contributed by atoms with van der Waals surface area (Å²) in [6, 6.07) is 0. The van der Waals surface area contributed by atoms with Crippen molar-refractivity contribution in [3.05, 3.63) is 0 Å². The first kappa shape index (κ1) is 71.9. The maximum absolute atomic E-state index is 12.0. The number of aliphatic hydroxyl groups is 4. The molecule has 2 aliphatic carbocycles. The molecule has 18 N–H and O–H groups in total. The fraction of sp³-hybridized carbons (Fsp3) is 0.933. The van der Waals surface area contributed by atoms with Gasteiger partial charge in [-0.15, -0.1) is 0 Å². The first-order valence-electron chi connectivity index (χ1n) is 21.6. The summed E-state index contributed by atoms with van der Waals surface area (Å²) >= 11 is 0. The summed E-state index contributed by atoms with van der Waals surface area (Å²) in [5.74, 6) is 0. The Labute approximate surface area is 433 Å². The lowest BCUT2D eigenvalue weighted by Gasteiger charge is -2.46. The van der Waals surface area contributed by atoms with Crippen LogP contribution in [0.25, 0.3) is 0 Å². The molecule has 0 bridgehead atoms. The number of ether oxygens (including phenoxy) is 9. The fourth-order valence-electron chi connectivity index (χ4n) is 6.54. The van der Waals surface area contributed by atoms with Gasteiger partial charge < -0.3 is 132 Å². The smallest absolute Gasteiger partial charge is 0.447 e. The van der Waals surface area contributed by atoms with Gasteiger partial charge in [-0.3, -0.25) is 27.1 Å². The van der Waals surface area contributed by atoms with Gasteiger partial charge in [-0.1, -0.05) is 0 Å². The summed E-state index contributed by atoms with van der Waals surface area (Å²) in [6.45, 7) is -1.66. The highest BCUT2D eigenvalue weighted by atomic mass is 31.2. The van der Waals surface area contributed by atoms with E-state index in [1.54, 1.807) is 0 Å². The number of nitrogens with one attached hydrogen (secondary N) is 2. The van der Waals surface area contributed by atoms with Crippen molar-refractivity contribution in [3.63, 3.8) is 0 Å². The summed E-state index contributed by atoms with van der Waals surface area (Å²) < 4.78 is 142. The zero-order valence-corrected chi connectivity index (χ0v) is 44.8. The molecular formula is C30H62N2O39P6. The first-order chi connectivity index (χ1) is 35.5. The van der Waals surface area contributed by atoms with Crippen molar-refractivity contribution < 1.29 is 186 Å². The number of aliphatic hydroxyl groups excluding tert-OH is 4. The molecule has 456 valence electrons. The Kier molecular flexibility index (Phi) is 31.5. The average Bonchev–Trinajstić information content (AvgIpc) is 3.27. The van der Waals surface area contributed by atoms with E-state index in [2.05, 4.69) is 37.8 Å². The van der Waals surface area contributed by atoms with Crippen molar-refractivity contribution in [1.82, 2.24) is 10.6 Å². The van der Waals surface area contributed by atoms with Crippen molar-refractivity contribution >= 4 is 59.1 Å². The van der Waals surface area contributed by atoms with Crippen LogP contribution in [-0.2, 0) is 97.2 Å². The molecule has 0 heterocycles. The summed E-state index contributed by atoms with van der Waals surface area (Å²) in [4.78, 5) is 135. The minimum absolute atomic E-state index is 0.0784. The van der Waals surface area contributed by atoms with Gasteiger partial charge in [0.05, 0.1) is 79.3 Å². The number of carbonyl (C=O) groups is 2. The number of phosphoric ester groups is 6. The van der Waals surface area contributed by atoms with Crippen LogP contribution in [0.15, 0.2) is 0 Å². The van der Waals surface area contributed by atoms with Crippen molar-refractivity contribution in [1.29, 1.82) is 0 Å². The van der Waals surface area contributed by atoms with Gasteiger partial charge in [-0.25, -0.2) is 37.0 Å². The van der Waals surface area contributed by atoms with Crippen LogP contribution in [0, 0.1) is 0 Å². The van der Waals surface area contributed by atoms with Gasteiger partial charge in [0.1, 0.15) is 86.5 Å². The van der Waals surface area contributed by atoms with Gasteiger partial charge in [0, 0.05) is 13.1 Å². The van der Waals surface area contributed by atoms with E-state index >= 15 is 0 Å². The monoisotopic (exact) mass is 1260 g/mol. The summed E-state index contributed by atoms with van der Waals surface area (Å²) in [5.41, 5.74) is 0. The molecule has 0 aromatic heterocycles. The van der Waals surface area contributed by atoms with Crippen LogP contribution in [0.5, 0.6) is 0 Å². The Morgan fingerprint density at radius 3 is 0.688 bits per heavy atom. The van der Waals surface area contributed by atoms with E-state index in [1.807, 2.05) is 0 Å². The van der Waals surface area contributed by atoms with Gasteiger partial charge >= 0.3 is 59.1 Å². The van der Waals surface area contributed by atoms with E-state index in [0.29, 0.717) is 0 Å². The van der Waals surface area contributed by atoms with Crippen molar-refractivity contribution in [2.75, 3.05) is 106 Å². The van der Waals surface area contributed by atoms with Gasteiger partial charge in [-0.05, 0) is 0 Å². The number of carbonyl (C=O) groups excluding carboxylic acids is 2. The molecule has 41 nitrogen and oxygen atoms in total. The van der Waals surface area contributed by atoms with Crippen LogP contribution in [0.1, 0.15) is 0 Å². The molecule has 47 heteroatoms. The SMILES string of the molecule is O=C(NCCO[C@@H]1[C@H](O)[C@@H](OP(=O)(O)O)[C@H](OP(=O)(O)O)[C@@H](O)[C@@H]1OP(=O)(O)O)OCCOCCOCCOCCOCCOCCOC(=O)NCCO[C@@H]1[C@H](O)[C@@H](OP(=O)(O)O)[C@H](OP(=O)(O)O)[C@@H](O)[C@@H]1OP(=O)(O)O. The third-order valence-electron chi connectivity index (χ3n) is 9.32. The molecule has 0 radical (unpaired) electrons. The minimum Gasteiger partial charge on any atom is -0.447 e. The number of hydrogen-bond acceptors (Lipinski definition) is 27. The normalized spacial score (nSPS) is 26.8. The van der Waals surface area contributed by atoms with Gasteiger partial charge in [-0.2, -0.15) is 0 Å². The number of amides is 2. The summed E-state index contributed by atoms with van der Waals surface area (Å²) in [7, 11) is -33.5. The molecule has 2 saturated carbocycles. The Morgan fingerprint density at radius 2 is 0.481 bits per heavy atom. The molecule has 2 fully saturated rings. The van der Waals surface area contributed by atoms with Gasteiger partial charge in [0.15, 0.2) is 0 Å². The number of alkyl carbamates (subject to hydrolysis) is 2. The average molecular weight is 1260 g/mol. The van der Waals surface area contributed by atoms with Crippen molar-refractivity contribution in [2.24, 2.45) is 0 Å². The van der Waals surface area contributed by atoms with E-state index in [4.69, 9.17) is 42.6 Å². The highest BCUT2D eigenvalue weighted by molar-refractivity contribution is 7.47. The quantitative estimate of drug-likeness (QED) is 0.0202. The molecular weight excluding hydrogens is 1200 g/mol. The molecule has 2 amide bonds. The Balaban J connectivity index is 1.53. The third kappa shape index (κ3) is 31.1. The van der Waals surface area contributed by atoms with E-state index in [0.717, 1.165) is 0 Å². The highest BCUT2D eigenvalue weighted by Crippen LogP contribution is 2.51. The third-order valence-corrected chi connectivity index (χ3v) is 12.4. The molecule has 0 aliphatic heterocycles. The molecule has 2 aliphatic rings. The lowest BCUT2D eigenvalue weighted by Crippen LogP contribution is -2.65. The lowest BCUT2D eigenvalue weighted by molar-refractivity contribution is -0.224. The van der Waals surface area contributed by atoms with Crippen molar-refractivity contribution in [2.45, 2.75) is 73.2 Å². The predicted octanol–water partition coefficient (Wildman–Crippen LogP) is -6.37. The van der Waals surface area contributed by atoms with Gasteiger partial charge in [0.2, 0.25) is 0 Å². The van der Waals surface area contributed by atoms with Crippen LogP contribution < -0.4 is 10.6 Å². The molecule has 2 rings (SSSR count). The van der Waals surface area contributed by atoms with Crippen LogP contribution in [0.4, 0.5) is 9.59 Å². The molecule has 77 heavy (non-hydrogen) atoms. The molecule has 0 aromatic carbocycles. The minimum atomic E-state index is -5.60. The lowest BCUT2D eigenvalue weighted by atomic mass is 9.85. The maximum Gasteiger partial charge on any atom is 0.470 e. The van der Waals surface area contributed by atoms with Crippen LogP contribution in [-0.4, -0.2) is 270 Å². The Bertz CT molecular complexity index is 1910. The van der Waals surface area contributed by atoms with Crippen LogP contribution >= 0.6 is 46.9 Å². The van der Waals surface area contributed by atoms with E-state index in [9.17, 15) is 116 Å². The number of phosphoric acid groups is 6. The van der Waals surface area contributed by atoms with Crippen LogP contribution in [0.2, 0.25) is 0 Å². The summed E-state index contributed by atoms with van der Waals surface area (Å²) in [5, 5.41) is 47.0. The highest BCUT2D eigenvalue weighted by Gasteiger charge is 2.59. The van der Waals surface area contributed by atoms with E-state index in [1.165, 1.54) is 0 Å². The number of rotatable bonds is 38. The molecule has 0 aromatic rings. The standard InChI is InChI=1S/C30H62N2O39P6/c33-17-21(23(66-72(39,40)41)19(35)27(70-76(51,52)53)25(17)68-74(45,46)47)62-3-1-31-29(37)64-15-13-60-11-9-58-7-5-57-6-8-59-10-12-61-14-16-65-30(38)32-2-4-63-22-18(34)26(69-75(48,49)50)28(71-77(54,55)56)20(36)24(22)67-73(42,43)44/h17-28,33-36H,1-16H2,(H,31,37)(H,32,38)(H2,39,40,41)(H2,42,43,44)(H2,45,46,47)(H2,48,49,50)(H2,51,52,53)(H2,54,55,56)/t17-,18-,19-,20-,21+,22+,23-,24-,25+,26+,27+,28+/m0/s1. The van der Waals surface area contributed by atoms with Crippen LogP contribution in [0.3, 0.4) is 0 Å². The molecule has 0 unspecified atom stereocenters. The fourth-order valence-corrected chi connectivity index (χ4v) is 9.91. The van der Waals surface area contributed by atoms with E-state index in [-0.39, 0.29) is 79.3 Å². The second kappa shape index (κ2) is 33.8. The predicted molar refractivity (Wildman–Crippen MR) is 238 cm³/mol. The molecule has 0 spiro atoms. The topological polar surface area (TPSA) is 623 Å². The largest absolute Gasteiger partial charge is 0.470 e. The second-order valence-corrected chi connectivity index (χ2v) is 22.3. The zero-order valence-electron chi connectivity index (χ0n) is 39.5. The van der Waals surface area contributed by atoms with E-state index < -0.39 is 159 Å². The molecule has 12 atom stereocenters. The first-order valence-corrected chi connectivity index (χ1v) is 30.8. The molecule has 0 saturated heterocycles.